The Morgan fingerprint density at radius 3 is 2.56 bits per heavy atom. The van der Waals surface area contributed by atoms with E-state index in [4.69, 9.17) is 0 Å². The van der Waals surface area contributed by atoms with Crippen LogP contribution in [0.1, 0.15) is 20.8 Å². The van der Waals surface area contributed by atoms with Gasteiger partial charge in [-0.25, -0.2) is 4.39 Å². The van der Waals surface area contributed by atoms with Crippen LogP contribution in [0.3, 0.4) is 0 Å². The number of nitrogens with zero attached hydrogens (tertiary/aromatic N) is 1. The minimum absolute atomic E-state index is 0.159. The smallest absolute Gasteiger partial charge is 0.136 e. The maximum atomic E-state index is 13.4. The molecule has 0 amide bonds. The molecule has 0 saturated heterocycles. The molecule has 0 aliphatic rings. The third-order valence-electron chi connectivity index (χ3n) is 2.56. The molecule has 18 heavy (non-hydrogen) atoms. The first-order chi connectivity index (χ1) is 8.42. The molecule has 1 aromatic carbocycles. The van der Waals surface area contributed by atoms with E-state index in [9.17, 15) is 9.50 Å². The number of rotatable bonds is 7. The monoisotopic (exact) mass is 271 g/mol. The van der Waals surface area contributed by atoms with Crippen molar-refractivity contribution in [2.45, 2.75) is 31.3 Å². The minimum Gasteiger partial charge on any atom is -0.389 e. The Kier molecular flexibility index (Phi) is 6.12. The molecule has 1 rings (SSSR count). The lowest BCUT2D eigenvalue weighted by Gasteiger charge is -2.27. The van der Waals surface area contributed by atoms with Crippen LogP contribution in [0.25, 0.3) is 0 Å². The van der Waals surface area contributed by atoms with Gasteiger partial charge in [0.25, 0.3) is 0 Å². The highest BCUT2D eigenvalue weighted by Crippen LogP contribution is 2.21. The maximum Gasteiger partial charge on any atom is 0.136 e. The zero-order valence-corrected chi connectivity index (χ0v) is 12.1. The fourth-order valence-electron chi connectivity index (χ4n) is 1.74. The van der Waals surface area contributed by atoms with Crippen LogP contribution in [0, 0.1) is 5.82 Å². The van der Waals surface area contributed by atoms with Gasteiger partial charge in [-0.2, -0.15) is 0 Å². The number of benzene rings is 1. The summed E-state index contributed by atoms with van der Waals surface area (Å²) in [6.45, 7) is 8.06. The summed E-state index contributed by atoms with van der Waals surface area (Å²) in [5.74, 6) is 0.665. The molecule has 0 spiro atoms. The van der Waals surface area contributed by atoms with Crippen molar-refractivity contribution in [1.29, 1.82) is 0 Å². The van der Waals surface area contributed by atoms with Crippen LogP contribution in [0.15, 0.2) is 29.2 Å². The van der Waals surface area contributed by atoms with Gasteiger partial charge in [-0.3, -0.25) is 4.90 Å². The zero-order chi connectivity index (χ0) is 13.6. The van der Waals surface area contributed by atoms with E-state index >= 15 is 0 Å². The van der Waals surface area contributed by atoms with Crippen molar-refractivity contribution < 1.29 is 9.50 Å². The van der Waals surface area contributed by atoms with Crippen LogP contribution < -0.4 is 0 Å². The van der Waals surface area contributed by atoms with Gasteiger partial charge in [-0.1, -0.05) is 19.1 Å². The molecule has 0 unspecified atom stereocenters. The standard InChI is InChI=1S/C14H22FNOS/c1-4-16(11-14(2,3)17)9-10-18-13-8-6-5-7-12(13)15/h5-8,17H,4,9-11H2,1-3H3. The number of hydrogen-bond acceptors (Lipinski definition) is 3. The van der Waals surface area contributed by atoms with Crippen molar-refractivity contribution in [3.63, 3.8) is 0 Å². The average molecular weight is 271 g/mol. The van der Waals surface area contributed by atoms with Gasteiger partial charge in [0.05, 0.1) is 5.60 Å². The predicted octanol–water partition coefficient (Wildman–Crippen LogP) is 3.01. The summed E-state index contributed by atoms with van der Waals surface area (Å²) < 4.78 is 13.4. The van der Waals surface area contributed by atoms with Crippen LogP contribution in [0.5, 0.6) is 0 Å². The van der Waals surface area contributed by atoms with Gasteiger partial charge in [0, 0.05) is 23.7 Å². The van der Waals surface area contributed by atoms with Crippen LogP contribution in [0.2, 0.25) is 0 Å². The van der Waals surface area contributed by atoms with Crippen molar-refractivity contribution in [3.8, 4) is 0 Å². The summed E-state index contributed by atoms with van der Waals surface area (Å²) in [4.78, 5) is 2.87. The fourth-order valence-corrected chi connectivity index (χ4v) is 2.69. The van der Waals surface area contributed by atoms with Crippen molar-refractivity contribution in [1.82, 2.24) is 4.90 Å². The van der Waals surface area contributed by atoms with E-state index in [2.05, 4.69) is 11.8 Å². The van der Waals surface area contributed by atoms with E-state index in [-0.39, 0.29) is 5.82 Å². The summed E-state index contributed by atoms with van der Waals surface area (Å²) in [5, 5.41) is 9.77. The third-order valence-corrected chi connectivity index (χ3v) is 3.59. The second-order valence-corrected chi connectivity index (χ2v) is 6.10. The van der Waals surface area contributed by atoms with Crippen molar-refractivity contribution >= 4 is 11.8 Å². The van der Waals surface area contributed by atoms with E-state index in [0.717, 1.165) is 18.8 Å². The Balaban J connectivity index is 2.38. The molecular formula is C14H22FNOS. The first-order valence-corrected chi connectivity index (χ1v) is 7.23. The van der Waals surface area contributed by atoms with E-state index in [1.54, 1.807) is 26.0 Å². The second kappa shape index (κ2) is 7.12. The molecule has 1 aromatic rings. The lowest BCUT2D eigenvalue weighted by molar-refractivity contribution is 0.0400. The first-order valence-electron chi connectivity index (χ1n) is 6.24. The van der Waals surface area contributed by atoms with Crippen LogP contribution >= 0.6 is 11.8 Å². The molecule has 0 saturated carbocycles. The highest BCUT2D eigenvalue weighted by Gasteiger charge is 2.16. The van der Waals surface area contributed by atoms with Gasteiger partial charge >= 0.3 is 0 Å². The maximum absolute atomic E-state index is 13.4. The Morgan fingerprint density at radius 2 is 2.00 bits per heavy atom. The Bertz CT molecular complexity index is 365. The molecule has 0 radical (unpaired) electrons. The SMILES string of the molecule is CCN(CCSc1ccccc1F)CC(C)(C)O. The molecule has 0 atom stereocenters. The van der Waals surface area contributed by atoms with Gasteiger partial charge in [0.15, 0.2) is 0 Å². The summed E-state index contributed by atoms with van der Waals surface area (Å²) in [5.41, 5.74) is -0.682. The second-order valence-electron chi connectivity index (χ2n) is 4.96. The van der Waals surface area contributed by atoms with Crippen molar-refractivity contribution in [3.05, 3.63) is 30.1 Å². The average Bonchev–Trinajstić information content (AvgIpc) is 2.28. The van der Waals surface area contributed by atoms with Gasteiger partial charge < -0.3 is 5.11 Å². The largest absolute Gasteiger partial charge is 0.389 e. The molecule has 0 aromatic heterocycles. The quantitative estimate of drug-likeness (QED) is 0.771. The molecule has 0 aliphatic carbocycles. The predicted molar refractivity (Wildman–Crippen MR) is 75.5 cm³/mol. The van der Waals surface area contributed by atoms with Gasteiger partial charge in [-0.05, 0) is 32.5 Å². The van der Waals surface area contributed by atoms with Crippen LogP contribution in [-0.4, -0.2) is 41.0 Å². The fraction of sp³-hybridized carbons (Fsp3) is 0.571. The van der Waals surface area contributed by atoms with E-state index in [1.807, 2.05) is 6.07 Å². The molecule has 0 aliphatic heterocycles. The Morgan fingerprint density at radius 1 is 1.33 bits per heavy atom. The minimum atomic E-state index is -0.682. The number of thioether (sulfide) groups is 1. The van der Waals surface area contributed by atoms with E-state index in [0.29, 0.717) is 11.4 Å². The normalized spacial score (nSPS) is 12.1. The third kappa shape index (κ3) is 5.85. The van der Waals surface area contributed by atoms with Gasteiger partial charge in [0.2, 0.25) is 0 Å². The molecule has 2 nitrogen and oxygen atoms in total. The molecular weight excluding hydrogens is 249 g/mol. The number of hydrogen-bond donors (Lipinski definition) is 1. The van der Waals surface area contributed by atoms with Crippen LogP contribution in [-0.2, 0) is 0 Å². The number of likely N-dealkylation sites (N-methyl/N-ethyl adjacent to an activating group) is 1. The van der Waals surface area contributed by atoms with Gasteiger partial charge in [-0.15, -0.1) is 11.8 Å². The molecule has 0 fully saturated rings. The molecule has 0 heterocycles. The number of aliphatic hydroxyl groups is 1. The van der Waals surface area contributed by atoms with Crippen molar-refractivity contribution in [2.24, 2.45) is 0 Å². The van der Waals surface area contributed by atoms with Crippen molar-refractivity contribution in [2.75, 3.05) is 25.4 Å². The highest BCUT2D eigenvalue weighted by atomic mass is 32.2. The number of halogens is 1. The Labute approximate surface area is 113 Å². The van der Waals surface area contributed by atoms with E-state index < -0.39 is 5.60 Å². The summed E-state index contributed by atoms with van der Waals surface area (Å²) in [6.07, 6.45) is 0. The Hall–Kier alpha value is -0.580. The van der Waals surface area contributed by atoms with Gasteiger partial charge in [0.1, 0.15) is 5.82 Å². The molecule has 4 heteroatoms. The summed E-state index contributed by atoms with van der Waals surface area (Å²) >= 11 is 1.52. The molecule has 0 bridgehead atoms. The van der Waals surface area contributed by atoms with E-state index in [1.165, 1.54) is 17.8 Å². The molecule has 102 valence electrons. The van der Waals surface area contributed by atoms with Crippen LogP contribution in [0.4, 0.5) is 4.39 Å². The molecule has 1 N–H and O–H groups in total. The zero-order valence-electron chi connectivity index (χ0n) is 11.3. The summed E-state index contributed by atoms with van der Waals surface area (Å²) in [7, 11) is 0. The summed E-state index contributed by atoms with van der Waals surface area (Å²) in [6, 6.07) is 6.83. The highest BCUT2D eigenvalue weighted by molar-refractivity contribution is 7.99. The lowest BCUT2D eigenvalue weighted by Crippen LogP contribution is -2.39. The topological polar surface area (TPSA) is 23.5 Å². The first kappa shape index (κ1) is 15.5. The lowest BCUT2D eigenvalue weighted by atomic mass is 10.1.